The first kappa shape index (κ1) is 12.6. The van der Waals surface area contributed by atoms with Gasteiger partial charge in [-0.2, -0.15) is 0 Å². The highest BCUT2D eigenvalue weighted by Gasteiger charge is 2.37. The first-order chi connectivity index (χ1) is 7.98. The average molecular weight is 238 g/mol. The van der Waals surface area contributed by atoms with Gasteiger partial charge in [0.15, 0.2) is 0 Å². The van der Waals surface area contributed by atoms with E-state index in [9.17, 15) is 9.59 Å². The van der Waals surface area contributed by atoms with Crippen LogP contribution in [0.4, 0.5) is 0 Å². The molecule has 96 valence electrons. The van der Waals surface area contributed by atoms with Crippen molar-refractivity contribution in [2.45, 2.75) is 39.5 Å². The molecular formula is C13H22N2O2. The van der Waals surface area contributed by atoms with Crippen LogP contribution in [0.1, 0.15) is 39.5 Å². The average Bonchev–Trinajstić information content (AvgIpc) is 2.67. The second-order valence-corrected chi connectivity index (χ2v) is 6.10. The largest absolute Gasteiger partial charge is 0.316 e. The van der Waals surface area contributed by atoms with E-state index in [2.05, 4.69) is 5.32 Å². The van der Waals surface area contributed by atoms with Crippen LogP contribution >= 0.6 is 0 Å². The van der Waals surface area contributed by atoms with Crippen molar-refractivity contribution in [2.75, 3.05) is 19.6 Å². The Bertz CT molecular complexity index is 299. The maximum absolute atomic E-state index is 11.9. The number of carbonyl (C=O) groups is 2. The molecule has 2 amide bonds. The highest BCUT2D eigenvalue weighted by Crippen LogP contribution is 2.31. The van der Waals surface area contributed by atoms with Gasteiger partial charge in [0.25, 0.3) is 0 Å². The zero-order valence-electron chi connectivity index (χ0n) is 10.8. The van der Waals surface area contributed by atoms with Crippen LogP contribution in [0.5, 0.6) is 0 Å². The van der Waals surface area contributed by atoms with Crippen molar-refractivity contribution in [3.8, 4) is 0 Å². The summed E-state index contributed by atoms with van der Waals surface area (Å²) in [4.78, 5) is 25.3. The minimum atomic E-state index is -0.153. The second-order valence-electron chi connectivity index (χ2n) is 6.10. The molecule has 0 aromatic carbocycles. The standard InChI is InChI=1S/C13H22N2O2/c1-13(2)7-11(16)15(12(17)8-13)6-4-10-3-5-14-9-10/h10,14H,3-9H2,1-2H3. The number of piperidine rings is 1. The summed E-state index contributed by atoms with van der Waals surface area (Å²) in [6.07, 6.45) is 3.12. The Morgan fingerprint density at radius 3 is 2.47 bits per heavy atom. The van der Waals surface area contributed by atoms with Crippen molar-refractivity contribution in [1.29, 1.82) is 0 Å². The zero-order valence-corrected chi connectivity index (χ0v) is 10.8. The first-order valence-electron chi connectivity index (χ1n) is 6.52. The molecule has 2 aliphatic rings. The molecule has 0 aromatic rings. The van der Waals surface area contributed by atoms with Crippen molar-refractivity contribution >= 4 is 11.8 Å². The van der Waals surface area contributed by atoms with Crippen LogP contribution < -0.4 is 5.32 Å². The van der Waals surface area contributed by atoms with E-state index in [1.807, 2.05) is 13.8 Å². The van der Waals surface area contributed by atoms with Gasteiger partial charge in [0.2, 0.25) is 11.8 Å². The molecule has 0 bridgehead atoms. The fourth-order valence-corrected chi connectivity index (χ4v) is 2.73. The smallest absolute Gasteiger partial charge is 0.229 e. The zero-order chi connectivity index (χ0) is 12.5. The predicted molar refractivity (Wildman–Crippen MR) is 65.3 cm³/mol. The lowest BCUT2D eigenvalue weighted by Crippen LogP contribution is -2.46. The second kappa shape index (κ2) is 4.77. The van der Waals surface area contributed by atoms with Gasteiger partial charge in [0, 0.05) is 19.4 Å². The summed E-state index contributed by atoms with van der Waals surface area (Å²) in [6.45, 7) is 6.68. The van der Waals surface area contributed by atoms with Gasteiger partial charge in [-0.3, -0.25) is 14.5 Å². The molecule has 2 aliphatic heterocycles. The van der Waals surface area contributed by atoms with E-state index >= 15 is 0 Å². The number of likely N-dealkylation sites (tertiary alicyclic amines) is 1. The van der Waals surface area contributed by atoms with E-state index in [0.29, 0.717) is 25.3 Å². The summed E-state index contributed by atoms with van der Waals surface area (Å²) in [5.74, 6) is 0.653. The van der Waals surface area contributed by atoms with Crippen molar-refractivity contribution in [2.24, 2.45) is 11.3 Å². The number of hydrogen-bond donors (Lipinski definition) is 1. The number of nitrogens with one attached hydrogen (secondary N) is 1. The molecule has 2 rings (SSSR count). The highest BCUT2D eigenvalue weighted by molar-refractivity contribution is 5.98. The molecule has 4 heteroatoms. The van der Waals surface area contributed by atoms with Gasteiger partial charge in [-0.15, -0.1) is 0 Å². The third-order valence-electron chi connectivity index (χ3n) is 3.78. The molecule has 17 heavy (non-hydrogen) atoms. The fraction of sp³-hybridized carbons (Fsp3) is 0.846. The summed E-state index contributed by atoms with van der Waals surface area (Å²) in [6, 6.07) is 0. The Kier molecular flexibility index (Phi) is 3.52. The van der Waals surface area contributed by atoms with Gasteiger partial charge in [0.1, 0.15) is 0 Å². The molecule has 2 saturated heterocycles. The lowest BCUT2D eigenvalue weighted by atomic mass is 9.81. The van der Waals surface area contributed by atoms with Crippen LogP contribution in [0, 0.1) is 11.3 Å². The Balaban J connectivity index is 1.87. The molecular weight excluding hydrogens is 216 g/mol. The van der Waals surface area contributed by atoms with Gasteiger partial charge in [-0.1, -0.05) is 13.8 Å². The monoisotopic (exact) mass is 238 g/mol. The number of carbonyl (C=O) groups excluding carboxylic acids is 2. The van der Waals surface area contributed by atoms with E-state index in [4.69, 9.17) is 0 Å². The number of hydrogen-bond acceptors (Lipinski definition) is 3. The van der Waals surface area contributed by atoms with E-state index < -0.39 is 0 Å². The molecule has 0 aliphatic carbocycles. The predicted octanol–water partition coefficient (Wildman–Crippen LogP) is 1.16. The van der Waals surface area contributed by atoms with Crippen LogP contribution in [0.25, 0.3) is 0 Å². The van der Waals surface area contributed by atoms with Crippen LogP contribution in [0.2, 0.25) is 0 Å². The molecule has 0 saturated carbocycles. The van der Waals surface area contributed by atoms with E-state index in [1.54, 1.807) is 0 Å². The maximum Gasteiger partial charge on any atom is 0.229 e. The van der Waals surface area contributed by atoms with Crippen LogP contribution in [-0.2, 0) is 9.59 Å². The Morgan fingerprint density at radius 2 is 1.94 bits per heavy atom. The Labute approximate surface area is 103 Å². The Morgan fingerprint density at radius 1 is 1.29 bits per heavy atom. The molecule has 4 nitrogen and oxygen atoms in total. The van der Waals surface area contributed by atoms with Gasteiger partial charge < -0.3 is 5.32 Å². The van der Waals surface area contributed by atoms with Crippen LogP contribution in [0.15, 0.2) is 0 Å². The lowest BCUT2D eigenvalue weighted by Gasteiger charge is -2.35. The number of rotatable bonds is 3. The summed E-state index contributed by atoms with van der Waals surface area (Å²) in [7, 11) is 0. The van der Waals surface area contributed by atoms with Gasteiger partial charge in [-0.05, 0) is 37.3 Å². The summed E-state index contributed by atoms with van der Waals surface area (Å²) < 4.78 is 0. The van der Waals surface area contributed by atoms with Crippen LogP contribution in [0.3, 0.4) is 0 Å². The third-order valence-corrected chi connectivity index (χ3v) is 3.78. The number of amides is 2. The summed E-state index contributed by atoms with van der Waals surface area (Å²) >= 11 is 0. The van der Waals surface area contributed by atoms with Gasteiger partial charge in [-0.25, -0.2) is 0 Å². The Hall–Kier alpha value is -0.900. The van der Waals surface area contributed by atoms with Gasteiger partial charge in [0.05, 0.1) is 0 Å². The van der Waals surface area contributed by atoms with Gasteiger partial charge >= 0.3 is 0 Å². The molecule has 0 radical (unpaired) electrons. The molecule has 1 N–H and O–H groups in total. The van der Waals surface area contributed by atoms with E-state index in [-0.39, 0.29) is 17.2 Å². The van der Waals surface area contributed by atoms with E-state index in [0.717, 1.165) is 19.5 Å². The normalized spacial score (nSPS) is 28.8. The highest BCUT2D eigenvalue weighted by atomic mass is 16.2. The quantitative estimate of drug-likeness (QED) is 0.751. The lowest BCUT2D eigenvalue weighted by molar-refractivity contribution is -0.152. The summed E-state index contributed by atoms with van der Waals surface area (Å²) in [5.41, 5.74) is -0.153. The van der Waals surface area contributed by atoms with Crippen molar-refractivity contribution in [3.63, 3.8) is 0 Å². The molecule has 0 spiro atoms. The topological polar surface area (TPSA) is 49.4 Å². The van der Waals surface area contributed by atoms with E-state index in [1.165, 1.54) is 11.3 Å². The maximum atomic E-state index is 11.9. The molecule has 1 unspecified atom stereocenters. The number of imide groups is 1. The number of nitrogens with zero attached hydrogens (tertiary/aromatic N) is 1. The molecule has 0 aromatic heterocycles. The summed E-state index contributed by atoms with van der Waals surface area (Å²) in [5, 5.41) is 3.31. The van der Waals surface area contributed by atoms with Crippen LogP contribution in [-0.4, -0.2) is 36.3 Å². The first-order valence-corrected chi connectivity index (χ1v) is 6.52. The molecule has 2 fully saturated rings. The third kappa shape index (κ3) is 3.06. The molecule has 1 atom stereocenters. The van der Waals surface area contributed by atoms with Crippen molar-refractivity contribution in [3.05, 3.63) is 0 Å². The van der Waals surface area contributed by atoms with Crippen molar-refractivity contribution in [1.82, 2.24) is 10.2 Å². The molecule has 2 heterocycles. The minimum Gasteiger partial charge on any atom is -0.316 e. The van der Waals surface area contributed by atoms with Crippen molar-refractivity contribution < 1.29 is 9.59 Å². The minimum absolute atomic E-state index is 0.0113. The fourth-order valence-electron chi connectivity index (χ4n) is 2.73. The SMILES string of the molecule is CC1(C)CC(=O)N(CCC2CCNC2)C(=O)C1.